The highest BCUT2D eigenvalue weighted by Gasteiger charge is 2.45. The molecule has 21 heavy (non-hydrogen) atoms. The lowest BCUT2D eigenvalue weighted by Crippen LogP contribution is -2.52. The van der Waals surface area contributed by atoms with E-state index in [9.17, 15) is 28.4 Å². The molecule has 9 heteroatoms. The maximum atomic E-state index is 11.4. The van der Waals surface area contributed by atoms with Gasteiger partial charge in [0.25, 0.3) is 5.69 Å². The van der Waals surface area contributed by atoms with Crippen molar-refractivity contribution in [3.05, 3.63) is 28.3 Å². The van der Waals surface area contributed by atoms with Gasteiger partial charge in [-0.1, -0.05) is 0 Å². The summed E-state index contributed by atoms with van der Waals surface area (Å²) in [5.74, 6) is -1.07. The van der Waals surface area contributed by atoms with E-state index in [0.717, 1.165) is 12.3 Å². The van der Waals surface area contributed by atoms with Crippen molar-refractivity contribution >= 4 is 27.2 Å². The van der Waals surface area contributed by atoms with Crippen molar-refractivity contribution in [2.24, 2.45) is 0 Å². The van der Waals surface area contributed by atoms with E-state index in [1.54, 1.807) is 0 Å². The summed E-state index contributed by atoms with van der Waals surface area (Å²) in [5.41, 5.74) is -1.66. The second-order valence-electron chi connectivity index (χ2n) is 5.07. The number of benzene rings is 1. The molecular weight excluding hydrogens is 300 g/mol. The molecule has 0 amide bonds. The molecule has 1 aliphatic rings. The van der Waals surface area contributed by atoms with Crippen LogP contribution in [0.4, 0.5) is 11.4 Å². The lowest BCUT2D eigenvalue weighted by atomic mass is 9.76. The number of nitro benzene ring substituents is 1. The molecule has 1 aromatic rings. The highest BCUT2D eigenvalue weighted by molar-refractivity contribution is 7.90. The summed E-state index contributed by atoms with van der Waals surface area (Å²) in [5, 5.41) is 23.0. The fraction of sp³-hybridized carbons (Fsp3) is 0.417. The molecule has 0 atom stereocenters. The van der Waals surface area contributed by atoms with Crippen molar-refractivity contribution in [1.82, 2.24) is 0 Å². The molecule has 0 radical (unpaired) electrons. The SMILES string of the molecule is CS(=O)(=O)c1ccc(NC2(C(=O)O)CCC2)c([N+](=O)[O-])c1. The van der Waals surface area contributed by atoms with Crippen LogP contribution in [0.1, 0.15) is 19.3 Å². The Morgan fingerprint density at radius 1 is 1.43 bits per heavy atom. The van der Waals surface area contributed by atoms with E-state index in [0.29, 0.717) is 19.3 Å². The summed E-state index contributed by atoms with van der Waals surface area (Å²) in [6, 6.07) is 3.39. The maximum absolute atomic E-state index is 11.4. The predicted octanol–water partition coefficient (Wildman–Crippen LogP) is 1.42. The van der Waals surface area contributed by atoms with Gasteiger partial charge in [0.2, 0.25) is 0 Å². The third-order valence-electron chi connectivity index (χ3n) is 3.58. The standard InChI is InChI=1S/C12H14N2O6S/c1-21(19,20)8-3-4-9(10(7-8)14(17)18)13-12(11(15)16)5-2-6-12/h3-4,7,13H,2,5-6H2,1H3,(H,15,16). The molecule has 0 aliphatic heterocycles. The summed E-state index contributed by atoms with van der Waals surface area (Å²) in [6.07, 6.45) is 2.40. The fourth-order valence-corrected chi connectivity index (χ4v) is 2.82. The van der Waals surface area contributed by atoms with E-state index < -0.39 is 32.0 Å². The van der Waals surface area contributed by atoms with Crippen LogP contribution in [0.25, 0.3) is 0 Å². The number of carbonyl (C=O) groups is 1. The molecule has 114 valence electrons. The topological polar surface area (TPSA) is 127 Å². The fourth-order valence-electron chi connectivity index (χ4n) is 2.18. The van der Waals surface area contributed by atoms with Gasteiger partial charge in [0.1, 0.15) is 11.2 Å². The molecule has 0 saturated heterocycles. The summed E-state index contributed by atoms with van der Waals surface area (Å²) in [6.45, 7) is 0. The highest BCUT2D eigenvalue weighted by Crippen LogP contribution is 2.38. The minimum atomic E-state index is -3.58. The van der Waals surface area contributed by atoms with Gasteiger partial charge in [0.15, 0.2) is 9.84 Å². The number of sulfone groups is 1. The average Bonchev–Trinajstić information content (AvgIpc) is 2.31. The van der Waals surface area contributed by atoms with Gasteiger partial charge in [-0.15, -0.1) is 0 Å². The first-order valence-corrected chi connectivity index (χ1v) is 8.05. The molecule has 1 aromatic carbocycles. The van der Waals surface area contributed by atoms with Crippen LogP contribution < -0.4 is 5.32 Å². The zero-order valence-electron chi connectivity index (χ0n) is 11.2. The highest BCUT2D eigenvalue weighted by atomic mass is 32.2. The summed E-state index contributed by atoms with van der Waals surface area (Å²) in [4.78, 5) is 21.5. The van der Waals surface area contributed by atoms with Crippen LogP contribution in [0, 0.1) is 10.1 Å². The minimum absolute atomic E-state index is 0.00880. The molecule has 2 rings (SSSR count). The molecule has 1 saturated carbocycles. The quantitative estimate of drug-likeness (QED) is 0.621. The van der Waals surface area contributed by atoms with Gasteiger partial charge in [-0.3, -0.25) is 10.1 Å². The van der Waals surface area contributed by atoms with Gasteiger partial charge in [0.05, 0.1) is 9.82 Å². The second-order valence-corrected chi connectivity index (χ2v) is 7.09. The van der Waals surface area contributed by atoms with Crippen molar-refractivity contribution in [2.45, 2.75) is 29.7 Å². The van der Waals surface area contributed by atoms with E-state index in [2.05, 4.69) is 5.32 Å². The number of rotatable bonds is 5. The Hall–Kier alpha value is -2.16. The number of aliphatic carboxylic acids is 1. The van der Waals surface area contributed by atoms with E-state index in [-0.39, 0.29) is 10.6 Å². The average molecular weight is 314 g/mol. The Morgan fingerprint density at radius 2 is 2.05 bits per heavy atom. The van der Waals surface area contributed by atoms with Gasteiger partial charge in [-0.2, -0.15) is 0 Å². The van der Waals surface area contributed by atoms with Crippen LogP contribution in [0.5, 0.6) is 0 Å². The first kappa shape index (κ1) is 15.2. The Bertz CT molecular complexity index is 708. The smallest absolute Gasteiger partial charge is 0.329 e. The molecular formula is C12H14N2O6S. The minimum Gasteiger partial charge on any atom is -0.480 e. The van der Waals surface area contributed by atoms with Crippen molar-refractivity contribution in [2.75, 3.05) is 11.6 Å². The van der Waals surface area contributed by atoms with Crippen molar-refractivity contribution in [3.8, 4) is 0 Å². The molecule has 8 nitrogen and oxygen atoms in total. The molecule has 0 aromatic heterocycles. The first-order valence-electron chi connectivity index (χ1n) is 6.16. The number of carboxylic acid groups (broad SMARTS) is 1. The summed E-state index contributed by atoms with van der Waals surface area (Å²) in [7, 11) is -3.58. The number of nitro groups is 1. The third kappa shape index (κ3) is 2.82. The number of nitrogens with zero attached hydrogens (tertiary/aromatic N) is 1. The van der Waals surface area contributed by atoms with Crippen LogP contribution >= 0.6 is 0 Å². The van der Waals surface area contributed by atoms with E-state index in [1.165, 1.54) is 12.1 Å². The van der Waals surface area contributed by atoms with Crippen molar-refractivity contribution < 1.29 is 23.2 Å². The number of nitrogens with one attached hydrogen (secondary N) is 1. The Balaban J connectivity index is 2.45. The number of carboxylic acids is 1. The van der Waals surface area contributed by atoms with Gasteiger partial charge in [-0.25, -0.2) is 13.2 Å². The Labute approximate surface area is 120 Å². The molecule has 1 aliphatic carbocycles. The van der Waals surface area contributed by atoms with Gasteiger partial charge < -0.3 is 10.4 Å². The van der Waals surface area contributed by atoms with Gasteiger partial charge in [-0.05, 0) is 31.4 Å². The van der Waals surface area contributed by atoms with Crippen LogP contribution in [-0.2, 0) is 14.6 Å². The summed E-state index contributed by atoms with van der Waals surface area (Å²) >= 11 is 0. The van der Waals surface area contributed by atoms with E-state index in [4.69, 9.17) is 0 Å². The zero-order valence-corrected chi connectivity index (χ0v) is 12.0. The Kier molecular flexibility index (Phi) is 3.62. The van der Waals surface area contributed by atoms with Crippen LogP contribution in [0.2, 0.25) is 0 Å². The van der Waals surface area contributed by atoms with Crippen molar-refractivity contribution in [3.63, 3.8) is 0 Å². The van der Waals surface area contributed by atoms with Crippen molar-refractivity contribution in [1.29, 1.82) is 0 Å². The lowest BCUT2D eigenvalue weighted by Gasteiger charge is -2.38. The third-order valence-corrected chi connectivity index (χ3v) is 4.69. The molecule has 1 fully saturated rings. The Morgan fingerprint density at radius 3 is 2.43 bits per heavy atom. The van der Waals surface area contributed by atoms with E-state index >= 15 is 0 Å². The zero-order chi connectivity index (χ0) is 15.8. The van der Waals surface area contributed by atoms with Crippen LogP contribution in [-0.4, -0.2) is 36.2 Å². The molecule has 0 heterocycles. The number of hydrogen-bond acceptors (Lipinski definition) is 6. The molecule has 0 spiro atoms. The first-order chi connectivity index (χ1) is 9.66. The van der Waals surface area contributed by atoms with E-state index in [1.807, 2.05) is 0 Å². The maximum Gasteiger partial charge on any atom is 0.329 e. The number of anilines is 1. The van der Waals surface area contributed by atoms with Gasteiger partial charge in [0, 0.05) is 12.3 Å². The molecule has 2 N–H and O–H groups in total. The number of hydrogen-bond donors (Lipinski definition) is 2. The lowest BCUT2D eigenvalue weighted by molar-refractivity contribution is -0.384. The van der Waals surface area contributed by atoms with Crippen LogP contribution in [0.15, 0.2) is 23.1 Å². The van der Waals surface area contributed by atoms with Crippen LogP contribution in [0.3, 0.4) is 0 Å². The predicted molar refractivity (Wildman–Crippen MR) is 74.0 cm³/mol. The normalized spacial score (nSPS) is 16.8. The summed E-state index contributed by atoms with van der Waals surface area (Å²) < 4.78 is 22.9. The largest absolute Gasteiger partial charge is 0.480 e. The van der Waals surface area contributed by atoms with Gasteiger partial charge >= 0.3 is 5.97 Å². The second kappa shape index (κ2) is 4.99. The monoisotopic (exact) mass is 314 g/mol. The molecule has 0 bridgehead atoms. The molecule has 0 unspecified atom stereocenters.